The summed E-state index contributed by atoms with van der Waals surface area (Å²) in [6.07, 6.45) is 3.07. The third-order valence-electron chi connectivity index (χ3n) is 3.29. The van der Waals surface area contributed by atoms with Gasteiger partial charge < -0.3 is 16.4 Å². The number of hydrogen-bond donors (Lipinski definition) is 3. The lowest BCUT2D eigenvalue weighted by Crippen LogP contribution is -2.32. The van der Waals surface area contributed by atoms with E-state index in [0.717, 1.165) is 12.8 Å². The van der Waals surface area contributed by atoms with Crippen LogP contribution in [0.5, 0.6) is 0 Å². The normalized spacial score (nSPS) is 14.1. The van der Waals surface area contributed by atoms with Crippen molar-refractivity contribution in [3.63, 3.8) is 0 Å². The monoisotopic (exact) mass is 279 g/mol. The maximum atomic E-state index is 12.0. The number of rotatable bonds is 6. The minimum atomic E-state index is -0.295. The minimum Gasteiger partial charge on any atom is -0.395 e. The summed E-state index contributed by atoms with van der Waals surface area (Å²) in [5.74, 6) is -0.323. The summed E-state index contributed by atoms with van der Waals surface area (Å²) < 4.78 is 1.48. The zero-order valence-corrected chi connectivity index (χ0v) is 11.9. The van der Waals surface area contributed by atoms with Crippen molar-refractivity contribution < 1.29 is 9.59 Å². The Morgan fingerprint density at radius 3 is 2.70 bits per heavy atom. The van der Waals surface area contributed by atoms with Gasteiger partial charge >= 0.3 is 0 Å². The van der Waals surface area contributed by atoms with E-state index < -0.39 is 0 Å². The molecule has 1 aromatic heterocycles. The van der Waals surface area contributed by atoms with E-state index in [4.69, 9.17) is 5.73 Å². The Kier molecular flexibility index (Phi) is 4.26. The first-order valence-corrected chi connectivity index (χ1v) is 6.91. The van der Waals surface area contributed by atoms with E-state index in [-0.39, 0.29) is 18.2 Å². The topological polar surface area (TPSA) is 102 Å². The summed E-state index contributed by atoms with van der Waals surface area (Å²) in [6, 6.07) is 0.345. The van der Waals surface area contributed by atoms with Crippen molar-refractivity contribution in [2.24, 2.45) is 7.05 Å². The van der Waals surface area contributed by atoms with Gasteiger partial charge in [0.05, 0.1) is 11.4 Å². The number of amides is 2. The van der Waals surface area contributed by atoms with Gasteiger partial charge in [-0.3, -0.25) is 14.3 Å². The first-order valence-electron chi connectivity index (χ1n) is 6.91. The molecule has 0 radical (unpaired) electrons. The van der Waals surface area contributed by atoms with Crippen LogP contribution in [0, 0.1) is 0 Å². The molecule has 2 amide bonds. The number of carbonyl (C=O) groups excluding carboxylic acids is 2. The van der Waals surface area contributed by atoms with Gasteiger partial charge in [-0.15, -0.1) is 0 Å². The van der Waals surface area contributed by atoms with E-state index in [0.29, 0.717) is 36.1 Å². The fourth-order valence-electron chi connectivity index (χ4n) is 2.03. The lowest BCUT2D eigenvalue weighted by Gasteiger charge is -2.06. The van der Waals surface area contributed by atoms with E-state index in [1.54, 1.807) is 7.05 Å². The van der Waals surface area contributed by atoms with Crippen molar-refractivity contribution in [3.8, 4) is 0 Å². The van der Waals surface area contributed by atoms with Crippen LogP contribution < -0.4 is 16.4 Å². The number of nitrogen functional groups attached to an aromatic ring is 1. The van der Waals surface area contributed by atoms with Crippen molar-refractivity contribution in [1.82, 2.24) is 20.4 Å². The molecule has 0 spiro atoms. The molecule has 4 N–H and O–H groups in total. The van der Waals surface area contributed by atoms with Crippen LogP contribution >= 0.6 is 0 Å². The molecule has 110 valence electrons. The third kappa shape index (κ3) is 3.28. The summed E-state index contributed by atoms with van der Waals surface area (Å²) in [5, 5.41) is 9.76. The number of carbonyl (C=O) groups is 2. The van der Waals surface area contributed by atoms with Crippen LogP contribution in [0.2, 0.25) is 0 Å². The highest BCUT2D eigenvalue weighted by Crippen LogP contribution is 2.18. The molecule has 0 aliphatic heterocycles. The molecule has 1 aliphatic carbocycles. The Morgan fingerprint density at radius 1 is 1.45 bits per heavy atom. The number of nitrogens with two attached hydrogens (primary N) is 1. The van der Waals surface area contributed by atoms with Gasteiger partial charge in [-0.2, -0.15) is 5.10 Å². The van der Waals surface area contributed by atoms with Crippen molar-refractivity contribution in [1.29, 1.82) is 0 Å². The van der Waals surface area contributed by atoms with E-state index in [1.165, 1.54) is 4.68 Å². The maximum absolute atomic E-state index is 12.0. The zero-order chi connectivity index (χ0) is 14.7. The first kappa shape index (κ1) is 14.4. The smallest absolute Gasteiger partial charge is 0.271 e. The second kappa shape index (κ2) is 5.94. The molecule has 1 aromatic rings. The van der Waals surface area contributed by atoms with E-state index >= 15 is 0 Å². The Balaban J connectivity index is 1.85. The van der Waals surface area contributed by atoms with Gasteiger partial charge in [0.1, 0.15) is 5.69 Å². The summed E-state index contributed by atoms with van der Waals surface area (Å²) in [6.45, 7) is 2.23. The molecule has 2 rings (SSSR count). The zero-order valence-electron chi connectivity index (χ0n) is 11.9. The van der Waals surface area contributed by atoms with E-state index in [1.807, 2.05) is 6.92 Å². The molecular formula is C13H21N5O2. The molecule has 0 unspecified atom stereocenters. The van der Waals surface area contributed by atoms with Gasteiger partial charge in [-0.25, -0.2) is 0 Å². The summed E-state index contributed by atoms with van der Waals surface area (Å²) in [5.41, 5.74) is 7.37. The lowest BCUT2D eigenvalue weighted by atomic mass is 10.2. The molecule has 1 aliphatic rings. The third-order valence-corrected chi connectivity index (χ3v) is 3.29. The molecule has 1 saturated carbocycles. The number of anilines is 1. The Bertz CT molecular complexity index is 519. The molecular weight excluding hydrogens is 258 g/mol. The molecule has 7 heteroatoms. The largest absolute Gasteiger partial charge is 0.395 e. The second-order valence-electron chi connectivity index (χ2n) is 5.03. The highest BCUT2D eigenvalue weighted by atomic mass is 16.2. The highest BCUT2D eigenvalue weighted by Gasteiger charge is 2.23. The van der Waals surface area contributed by atoms with Crippen molar-refractivity contribution >= 4 is 17.5 Å². The van der Waals surface area contributed by atoms with Gasteiger partial charge in [0.15, 0.2) is 0 Å². The van der Waals surface area contributed by atoms with Crippen LogP contribution in [-0.4, -0.2) is 34.2 Å². The molecule has 7 nitrogen and oxygen atoms in total. The number of nitrogens with zero attached hydrogens (tertiary/aromatic N) is 2. The average molecular weight is 279 g/mol. The fourth-order valence-corrected chi connectivity index (χ4v) is 2.03. The Labute approximate surface area is 117 Å². The predicted molar refractivity (Wildman–Crippen MR) is 75.1 cm³/mol. The Morgan fingerprint density at radius 2 is 2.15 bits per heavy atom. The quantitative estimate of drug-likeness (QED) is 0.680. The number of aryl methyl sites for hydroxylation is 2. The standard InChI is InChI=1S/C13H21N5O2/c1-3-9-11(14)12(18(2)17-9)13(20)15-7-6-10(19)16-8-4-5-8/h8H,3-7,14H2,1-2H3,(H,15,20)(H,16,19). The second-order valence-corrected chi connectivity index (χ2v) is 5.03. The van der Waals surface area contributed by atoms with Crippen molar-refractivity contribution in [3.05, 3.63) is 11.4 Å². The molecule has 0 aromatic carbocycles. The van der Waals surface area contributed by atoms with Gasteiger partial charge in [0, 0.05) is 26.1 Å². The van der Waals surface area contributed by atoms with Gasteiger partial charge in [0.25, 0.3) is 5.91 Å². The SMILES string of the molecule is CCc1nn(C)c(C(=O)NCCC(=O)NC2CC2)c1N. The lowest BCUT2D eigenvalue weighted by molar-refractivity contribution is -0.121. The summed E-state index contributed by atoms with van der Waals surface area (Å²) in [4.78, 5) is 23.5. The predicted octanol–water partition coefficient (Wildman–Crippen LogP) is -0.0368. The van der Waals surface area contributed by atoms with E-state index in [2.05, 4.69) is 15.7 Å². The first-order chi connectivity index (χ1) is 9.52. The summed E-state index contributed by atoms with van der Waals surface area (Å²) >= 11 is 0. The van der Waals surface area contributed by atoms with Crippen LogP contribution in [0.25, 0.3) is 0 Å². The number of hydrogen-bond acceptors (Lipinski definition) is 4. The fraction of sp³-hybridized carbons (Fsp3) is 0.615. The van der Waals surface area contributed by atoms with Crippen LogP contribution in [0.1, 0.15) is 42.4 Å². The highest BCUT2D eigenvalue weighted by molar-refractivity contribution is 5.98. The van der Waals surface area contributed by atoms with Gasteiger partial charge in [-0.05, 0) is 19.3 Å². The average Bonchev–Trinajstić information content (AvgIpc) is 3.14. The van der Waals surface area contributed by atoms with Crippen molar-refractivity contribution in [2.75, 3.05) is 12.3 Å². The molecule has 0 atom stereocenters. The molecule has 0 saturated heterocycles. The number of aromatic nitrogens is 2. The molecule has 0 bridgehead atoms. The minimum absolute atomic E-state index is 0.0278. The van der Waals surface area contributed by atoms with Crippen LogP contribution in [0.4, 0.5) is 5.69 Å². The maximum Gasteiger partial charge on any atom is 0.271 e. The van der Waals surface area contributed by atoms with Crippen LogP contribution in [0.3, 0.4) is 0 Å². The van der Waals surface area contributed by atoms with Crippen molar-refractivity contribution in [2.45, 2.75) is 38.6 Å². The summed E-state index contributed by atoms with van der Waals surface area (Å²) in [7, 11) is 1.68. The van der Waals surface area contributed by atoms with Gasteiger partial charge in [0.2, 0.25) is 5.91 Å². The van der Waals surface area contributed by atoms with Gasteiger partial charge in [-0.1, -0.05) is 6.92 Å². The molecule has 1 fully saturated rings. The Hall–Kier alpha value is -2.05. The van der Waals surface area contributed by atoms with E-state index in [9.17, 15) is 9.59 Å². The number of nitrogens with one attached hydrogen (secondary N) is 2. The van der Waals surface area contributed by atoms with Crippen LogP contribution in [-0.2, 0) is 18.3 Å². The van der Waals surface area contributed by atoms with Crippen LogP contribution in [0.15, 0.2) is 0 Å². The molecule has 1 heterocycles. The molecule has 20 heavy (non-hydrogen) atoms.